The van der Waals surface area contributed by atoms with Gasteiger partial charge in [-0.2, -0.15) is 5.10 Å². The first-order valence-electron chi connectivity index (χ1n) is 8.54. The second kappa shape index (κ2) is 6.70. The van der Waals surface area contributed by atoms with Crippen LogP contribution in [0.3, 0.4) is 0 Å². The van der Waals surface area contributed by atoms with Gasteiger partial charge < -0.3 is 10.0 Å². The number of amides is 1. The lowest BCUT2D eigenvalue weighted by molar-refractivity contribution is -0.144. The molecular formula is C19H23N3O3. The highest BCUT2D eigenvalue weighted by Crippen LogP contribution is 2.26. The Balaban J connectivity index is 1.92. The summed E-state index contributed by atoms with van der Waals surface area (Å²) >= 11 is 0. The quantitative estimate of drug-likeness (QED) is 0.931. The van der Waals surface area contributed by atoms with E-state index in [9.17, 15) is 14.7 Å². The highest BCUT2D eigenvalue weighted by Gasteiger charge is 2.36. The molecule has 0 spiro atoms. The topological polar surface area (TPSA) is 75.4 Å². The highest BCUT2D eigenvalue weighted by atomic mass is 16.4. The van der Waals surface area contributed by atoms with E-state index in [0.717, 1.165) is 23.4 Å². The van der Waals surface area contributed by atoms with Gasteiger partial charge in [0.1, 0.15) is 6.04 Å². The van der Waals surface area contributed by atoms with E-state index in [4.69, 9.17) is 0 Å². The van der Waals surface area contributed by atoms with Crippen molar-refractivity contribution in [3.63, 3.8) is 0 Å². The van der Waals surface area contributed by atoms with Crippen LogP contribution in [0.5, 0.6) is 0 Å². The van der Waals surface area contributed by atoms with Crippen LogP contribution in [0, 0.1) is 19.8 Å². The van der Waals surface area contributed by atoms with Gasteiger partial charge in [-0.3, -0.25) is 4.79 Å². The first-order chi connectivity index (χ1) is 11.9. The number of benzene rings is 1. The fourth-order valence-electron chi connectivity index (χ4n) is 3.41. The van der Waals surface area contributed by atoms with Crippen LogP contribution in [-0.4, -0.2) is 44.3 Å². The summed E-state index contributed by atoms with van der Waals surface area (Å²) in [6.07, 6.45) is 2.85. The summed E-state index contributed by atoms with van der Waals surface area (Å²) in [5.74, 6) is -0.888. The molecule has 3 rings (SSSR count). The third-order valence-corrected chi connectivity index (χ3v) is 4.90. The van der Waals surface area contributed by atoms with Crippen LogP contribution < -0.4 is 0 Å². The van der Waals surface area contributed by atoms with Crippen LogP contribution in [-0.2, 0) is 4.79 Å². The zero-order valence-electron chi connectivity index (χ0n) is 14.8. The molecule has 6 heteroatoms. The summed E-state index contributed by atoms with van der Waals surface area (Å²) in [6.45, 7) is 6.33. The van der Waals surface area contributed by atoms with Gasteiger partial charge in [-0.15, -0.1) is 0 Å². The number of carbonyl (C=O) groups is 2. The molecule has 0 bridgehead atoms. The largest absolute Gasteiger partial charge is 0.480 e. The number of rotatable bonds is 3. The molecule has 1 N–H and O–H groups in total. The fourth-order valence-corrected chi connectivity index (χ4v) is 3.41. The second-order valence-corrected chi connectivity index (χ2v) is 6.88. The Kier molecular flexibility index (Phi) is 4.61. The molecule has 1 saturated heterocycles. The van der Waals surface area contributed by atoms with Gasteiger partial charge in [0.15, 0.2) is 0 Å². The number of aliphatic carboxylic acids is 1. The van der Waals surface area contributed by atoms with Crippen molar-refractivity contribution in [3.05, 3.63) is 47.3 Å². The molecule has 0 saturated carbocycles. The van der Waals surface area contributed by atoms with Crippen LogP contribution in [0.2, 0.25) is 0 Å². The molecule has 1 fully saturated rings. The van der Waals surface area contributed by atoms with Crippen LogP contribution in [0.4, 0.5) is 0 Å². The van der Waals surface area contributed by atoms with Gasteiger partial charge in [-0.05, 0) is 50.3 Å². The predicted molar refractivity (Wildman–Crippen MR) is 93.9 cm³/mol. The molecule has 132 valence electrons. The van der Waals surface area contributed by atoms with E-state index < -0.39 is 12.0 Å². The van der Waals surface area contributed by atoms with E-state index in [1.807, 2.05) is 45.0 Å². The molecule has 2 unspecified atom stereocenters. The molecule has 6 nitrogen and oxygen atoms in total. The Labute approximate surface area is 147 Å². The summed E-state index contributed by atoms with van der Waals surface area (Å²) in [7, 11) is 0. The smallest absolute Gasteiger partial charge is 0.326 e. The lowest BCUT2D eigenvalue weighted by atomic mass is 9.92. The summed E-state index contributed by atoms with van der Waals surface area (Å²) < 4.78 is 1.72. The van der Waals surface area contributed by atoms with Gasteiger partial charge in [0.25, 0.3) is 5.91 Å². The molecule has 2 heterocycles. The monoisotopic (exact) mass is 341 g/mol. The summed E-state index contributed by atoms with van der Waals surface area (Å²) in [5, 5.41) is 13.8. The Bertz CT molecular complexity index is 812. The van der Waals surface area contributed by atoms with E-state index in [-0.39, 0.29) is 5.91 Å². The number of hydrogen-bond donors (Lipinski definition) is 1. The van der Waals surface area contributed by atoms with E-state index >= 15 is 0 Å². The number of likely N-dealkylation sites (tertiary alicyclic amines) is 1. The van der Waals surface area contributed by atoms with Crippen molar-refractivity contribution in [3.8, 4) is 5.69 Å². The number of piperidine rings is 1. The van der Waals surface area contributed by atoms with E-state index in [1.54, 1.807) is 4.68 Å². The minimum atomic E-state index is -0.941. The van der Waals surface area contributed by atoms with Gasteiger partial charge in [-0.1, -0.05) is 19.1 Å². The Hall–Kier alpha value is -2.63. The molecule has 1 aliphatic rings. The normalized spacial score (nSPS) is 20.5. The van der Waals surface area contributed by atoms with Gasteiger partial charge in [-0.25, -0.2) is 9.48 Å². The van der Waals surface area contributed by atoms with Crippen LogP contribution in [0.15, 0.2) is 30.5 Å². The lowest BCUT2D eigenvalue weighted by Crippen LogP contribution is -2.49. The number of carboxylic acids is 1. The van der Waals surface area contributed by atoms with Crippen molar-refractivity contribution < 1.29 is 14.7 Å². The molecule has 1 aliphatic heterocycles. The van der Waals surface area contributed by atoms with Gasteiger partial charge in [0.05, 0.1) is 23.1 Å². The van der Waals surface area contributed by atoms with E-state index in [2.05, 4.69) is 5.10 Å². The summed E-state index contributed by atoms with van der Waals surface area (Å²) in [6, 6.07) is 7.11. The molecule has 1 aromatic heterocycles. The van der Waals surface area contributed by atoms with Crippen molar-refractivity contribution in [2.75, 3.05) is 6.54 Å². The standard InChI is InChI=1S/C19H23N3O3/c1-12-5-4-6-15(9-12)22-14(3)16(11-20-22)18(23)21-8-7-13(2)10-17(21)19(24)25/h4-6,9,11,13,17H,7-8,10H2,1-3H3,(H,24,25). The molecule has 25 heavy (non-hydrogen) atoms. The minimum absolute atomic E-state index is 0.254. The van der Waals surface area contributed by atoms with Crippen molar-refractivity contribution in [2.45, 2.75) is 39.7 Å². The number of carboxylic acid groups (broad SMARTS) is 1. The third-order valence-electron chi connectivity index (χ3n) is 4.90. The lowest BCUT2D eigenvalue weighted by Gasteiger charge is -2.35. The van der Waals surface area contributed by atoms with E-state index in [0.29, 0.717) is 24.4 Å². The van der Waals surface area contributed by atoms with Crippen molar-refractivity contribution >= 4 is 11.9 Å². The summed E-state index contributed by atoms with van der Waals surface area (Å²) in [5.41, 5.74) is 3.18. The minimum Gasteiger partial charge on any atom is -0.480 e. The molecule has 0 aliphatic carbocycles. The maximum atomic E-state index is 13.0. The molecular weight excluding hydrogens is 318 g/mol. The first-order valence-corrected chi connectivity index (χ1v) is 8.54. The predicted octanol–water partition coefficient (Wildman–Crippen LogP) is 2.81. The number of aromatic nitrogens is 2. The van der Waals surface area contributed by atoms with Crippen LogP contribution in [0.1, 0.15) is 41.4 Å². The average Bonchev–Trinajstić information content (AvgIpc) is 2.95. The molecule has 1 aromatic carbocycles. The van der Waals surface area contributed by atoms with Gasteiger partial charge >= 0.3 is 5.97 Å². The Morgan fingerprint density at radius 1 is 1.28 bits per heavy atom. The highest BCUT2D eigenvalue weighted by molar-refractivity contribution is 5.97. The molecule has 2 atom stereocenters. The van der Waals surface area contributed by atoms with Crippen LogP contribution in [0.25, 0.3) is 5.69 Å². The SMILES string of the molecule is Cc1cccc(-n2ncc(C(=O)N3CCC(C)CC3C(=O)O)c2C)c1. The second-order valence-electron chi connectivity index (χ2n) is 6.88. The number of nitrogens with zero attached hydrogens (tertiary/aromatic N) is 3. The number of aryl methyl sites for hydroxylation is 1. The van der Waals surface area contributed by atoms with Crippen LogP contribution >= 0.6 is 0 Å². The maximum absolute atomic E-state index is 13.0. The molecule has 2 aromatic rings. The average molecular weight is 341 g/mol. The fraction of sp³-hybridized carbons (Fsp3) is 0.421. The van der Waals surface area contributed by atoms with Gasteiger partial charge in [0.2, 0.25) is 0 Å². The molecule has 0 radical (unpaired) electrons. The maximum Gasteiger partial charge on any atom is 0.326 e. The van der Waals surface area contributed by atoms with Crippen molar-refractivity contribution in [2.24, 2.45) is 5.92 Å². The zero-order valence-corrected chi connectivity index (χ0v) is 14.8. The first kappa shape index (κ1) is 17.2. The Morgan fingerprint density at radius 3 is 2.72 bits per heavy atom. The van der Waals surface area contributed by atoms with Gasteiger partial charge in [0, 0.05) is 6.54 Å². The summed E-state index contributed by atoms with van der Waals surface area (Å²) in [4.78, 5) is 26.0. The Morgan fingerprint density at radius 2 is 2.04 bits per heavy atom. The molecule has 1 amide bonds. The number of hydrogen-bond acceptors (Lipinski definition) is 3. The van der Waals surface area contributed by atoms with E-state index in [1.165, 1.54) is 11.1 Å². The van der Waals surface area contributed by atoms with Crippen molar-refractivity contribution in [1.82, 2.24) is 14.7 Å². The third kappa shape index (κ3) is 3.29. The number of carbonyl (C=O) groups excluding carboxylic acids is 1. The van der Waals surface area contributed by atoms with Crippen molar-refractivity contribution in [1.29, 1.82) is 0 Å². The zero-order chi connectivity index (χ0) is 18.1.